The summed E-state index contributed by atoms with van der Waals surface area (Å²) in [7, 11) is -2.50. The number of aryl methyl sites for hydroxylation is 1. The van der Waals surface area contributed by atoms with E-state index in [-0.39, 0.29) is 29.3 Å². The molecule has 0 aliphatic rings. The fraction of sp³-hybridized carbons (Fsp3) is 0.364. The predicted octanol–water partition coefficient (Wildman–Crippen LogP) is 3.08. The van der Waals surface area contributed by atoms with E-state index in [1.54, 1.807) is 26.0 Å². The molecule has 0 radical (unpaired) electrons. The number of carbonyl (C=O) groups is 2. The summed E-state index contributed by atoms with van der Waals surface area (Å²) in [6, 6.07) is 11.3. The molecule has 2 aromatic carbocycles. The van der Waals surface area contributed by atoms with Crippen LogP contribution in [0.25, 0.3) is 0 Å². The molecule has 0 unspecified atom stereocenters. The Hall–Kier alpha value is -2.91. The number of sulfonamides is 1. The van der Waals surface area contributed by atoms with Crippen molar-refractivity contribution < 1.29 is 27.5 Å². The molecule has 0 aromatic heterocycles. The number of amides is 1. The normalized spacial score (nSPS) is 11.3. The largest absolute Gasteiger partial charge is 0.495 e. The van der Waals surface area contributed by atoms with Gasteiger partial charge in [0.25, 0.3) is 5.91 Å². The maximum Gasteiger partial charge on any atom is 0.338 e. The van der Waals surface area contributed by atoms with Crippen LogP contribution >= 0.6 is 0 Å². The Balaban J connectivity index is 2.16. The number of hydrogen-bond acceptors (Lipinski definition) is 6. The van der Waals surface area contributed by atoms with Gasteiger partial charge in [0.05, 0.1) is 12.7 Å². The van der Waals surface area contributed by atoms with Crippen LogP contribution in [0, 0.1) is 0 Å². The van der Waals surface area contributed by atoms with Gasteiger partial charge in [0.1, 0.15) is 10.6 Å². The monoisotopic (exact) mass is 448 g/mol. The Morgan fingerprint density at radius 2 is 1.71 bits per heavy atom. The minimum atomic E-state index is -3.86. The maximum absolute atomic E-state index is 12.9. The van der Waals surface area contributed by atoms with Crippen molar-refractivity contribution in [3.05, 3.63) is 53.6 Å². The molecule has 0 heterocycles. The van der Waals surface area contributed by atoms with Gasteiger partial charge in [-0.15, -0.1) is 0 Å². The molecular weight excluding hydrogens is 420 g/mol. The van der Waals surface area contributed by atoms with E-state index in [9.17, 15) is 18.0 Å². The lowest BCUT2D eigenvalue weighted by Gasteiger charge is -2.20. The SMILES string of the molecule is CCc1ccccc1NC(=O)COC(=O)c1ccc(OC)c(S(=O)(=O)N(CC)CC)c1. The average molecular weight is 449 g/mol. The molecule has 1 amide bonds. The fourth-order valence-electron chi connectivity index (χ4n) is 3.06. The third kappa shape index (κ3) is 5.83. The van der Waals surface area contributed by atoms with E-state index in [0.717, 1.165) is 12.0 Å². The van der Waals surface area contributed by atoms with Crippen molar-refractivity contribution >= 4 is 27.6 Å². The molecule has 0 atom stereocenters. The highest BCUT2D eigenvalue weighted by Gasteiger charge is 2.27. The molecule has 0 bridgehead atoms. The molecule has 0 aliphatic heterocycles. The van der Waals surface area contributed by atoms with Crippen molar-refractivity contribution in [3.63, 3.8) is 0 Å². The third-order valence-electron chi connectivity index (χ3n) is 4.73. The van der Waals surface area contributed by atoms with Crippen molar-refractivity contribution in [1.82, 2.24) is 4.31 Å². The van der Waals surface area contributed by atoms with Crippen LogP contribution in [0.1, 0.15) is 36.7 Å². The maximum atomic E-state index is 12.9. The number of benzene rings is 2. The quantitative estimate of drug-likeness (QED) is 0.561. The number of esters is 1. The molecular formula is C22H28N2O6S. The number of anilines is 1. The van der Waals surface area contributed by atoms with Crippen LogP contribution in [0.4, 0.5) is 5.69 Å². The molecule has 0 saturated carbocycles. The molecule has 0 fully saturated rings. The zero-order valence-electron chi connectivity index (χ0n) is 18.2. The van der Waals surface area contributed by atoms with Crippen LogP contribution in [0.15, 0.2) is 47.4 Å². The highest BCUT2D eigenvalue weighted by Crippen LogP contribution is 2.28. The Labute approximate surface area is 183 Å². The second kappa shape index (κ2) is 10.9. The summed E-state index contributed by atoms with van der Waals surface area (Å²) in [5.74, 6) is -1.17. The third-order valence-corrected chi connectivity index (χ3v) is 6.80. The summed E-state index contributed by atoms with van der Waals surface area (Å²) >= 11 is 0. The summed E-state index contributed by atoms with van der Waals surface area (Å²) < 4.78 is 37.3. The number of methoxy groups -OCH3 is 1. The highest BCUT2D eigenvalue weighted by atomic mass is 32.2. The Morgan fingerprint density at radius 3 is 2.32 bits per heavy atom. The van der Waals surface area contributed by atoms with Gasteiger partial charge in [0, 0.05) is 18.8 Å². The Kier molecular flexibility index (Phi) is 8.58. The van der Waals surface area contributed by atoms with Gasteiger partial charge in [-0.1, -0.05) is 39.0 Å². The molecule has 2 aromatic rings. The van der Waals surface area contributed by atoms with Crippen LogP contribution in [-0.4, -0.2) is 51.4 Å². The Bertz CT molecular complexity index is 1030. The lowest BCUT2D eigenvalue weighted by molar-refractivity contribution is -0.119. The van der Waals surface area contributed by atoms with Gasteiger partial charge >= 0.3 is 5.97 Å². The summed E-state index contributed by atoms with van der Waals surface area (Å²) in [4.78, 5) is 24.5. The number of rotatable bonds is 10. The second-order valence-electron chi connectivity index (χ2n) is 6.59. The van der Waals surface area contributed by atoms with Gasteiger partial charge in [0.15, 0.2) is 6.61 Å². The predicted molar refractivity (Wildman–Crippen MR) is 118 cm³/mol. The summed E-state index contributed by atoms with van der Waals surface area (Å²) in [6.45, 7) is 5.47. The van der Waals surface area contributed by atoms with Crippen LogP contribution in [0.3, 0.4) is 0 Å². The number of hydrogen-bond donors (Lipinski definition) is 1. The van der Waals surface area contributed by atoms with E-state index in [0.29, 0.717) is 5.69 Å². The highest BCUT2D eigenvalue weighted by molar-refractivity contribution is 7.89. The van der Waals surface area contributed by atoms with E-state index >= 15 is 0 Å². The van der Waals surface area contributed by atoms with Gasteiger partial charge in [-0.2, -0.15) is 4.31 Å². The summed E-state index contributed by atoms with van der Waals surface area (Å²) in [5, 5.41) is 2.71. The second-order valence-corrected chi connectivity index (χ2v) is 8.50. The Morgan fingerprint density at radius 1 is 1.03 bits per heavy atom. The molecule has 0 spiro atoms. The van der Waals surface area contributed by atoms with Crippen molar-refractivity contribution in [2.24, 2.45) is 0 Å². The van der Waals surface area contributed by atoms with Crippen LogP contribution in [0.5, 0.6) is 5.75 Å². The summed E-state index contributed by atoms with van der Waals surface area (Å²) in [5.41, 5.74) is 1.62. The van der Waals surface area contributed by atoms with E-state index in [4.69, 9.17) is 9.47 Å². The molecule has 9 heteroatoms. The van der Waals surface area contributed by atoms with Gasteiger partial charge in [-0.3, -0.25) is 4.79 Å². The van der Waals surface area contributed by atoms with Crippen LogP contribution < -0.4 is 10.1 Å². The number of carbonyl (C=O) groups excluding carboxylic acids is 2. The van der Waals surface area contributed by atoms with E-state index in [1.165, 1.54) is 29.6 Å². The van der Waals surface area contributed by atoms with Gasteiger partial charge in [-0.05, 0) is 36.2 Å². The van der Waals surface area contributed by atoms with Crippen molar-refractivity contribution in [2.75, 3.05) is 32.1 Å². The topological polar surface area (TPSA) is 102 Å². The van der Waals surface area contributed by atoms with E-state index in [2.05, 4.69) is 5.32 Å². The number of nitrogens with one attached hydrogen (secondary N) is 1. The number of para-hydroxylation sites is 1. The molecule has 1 N–H and O–H groups in total. The van der Waals surface area contributed by atoms with Crippen LogP contribution in [-0.2, 0) is 26.0 Å². The first-order valence-electron chi connectivity index (χ1n) is 10.0. The molecule has 31 heavy (non-hydrogen) atoms. The van der Waals surface area contributed by atoms with Gasteiger partial charge < -0.3 is 14.8 Å². The minimum Gasteiger partial charge on any atom is -0.495 e. The zero-order valence-corrected chi connectivity index (χ0v) is 19.0. The molecule has 168 valence electrons. The average Bonchev–Trinajstić information content (AvgIpc) is 2.78. The van der Waals surface area contributed by atoms with Gasteiger partial charge in [0.2, 0.25) is 10.0 Å². The number of ether oxygens (including phenoxy) is 2. The summed E-state index contributed by atoms with van der Waals surface area (Å²) in [6.07, 6.45) is 0.742. The molecule has 8 nitrogen and oxygen atoms in total. The standard InChI is InChI=1S/C22H28N2O6S/c1-5-16-10-8-9-11-18(16)23-21(25)15-30-22(26)17-12-13-19(29-4)20(14-17)31(27,28)24(6-2)7-3/h8-14H,5-7,15H2,1-4H3,(H,23,25). The van der Waals surface area contributed by atoms with Crippen molar-refractivity contribution in [1.29, 1.82) is 0 Å². The lowest BCUT2D eigenvalue weighted by Crippen LogP contribution is -2.31. The smallest absolute Gasteiger partial charge is 0.338 e. The minimum absolute atomic E-state index is 0.00768. The van der Waals surface area contributed by atoms with Gasteiger partial charge in [-0.25, -0.2) is 13.2 Å². The van der Waals surface area contributed by atoms with Crippen molar-refractivity contribution in [2.45, 2.75) is 32.1 Å². The first kappa shape index (κ1) is 24.4. The lowest BCUT2D eigenvalue weighted by atomic mass is 10.1. The van der Waals surface area contributed by atoms with E-state index < -0.39 is 28.5 Å². The van der Waals surface area contributed by atoms with Crippen molar-refractivity contribution in [3.8, 4) is 5.75 Å². The molecule has 0 aliphatic carbocycles. The molecule has 2 rings (SSSR count). The van der Waals surface area contributed by atoms with Crippen LogP contribution in [0.2, 0.25) is 0 Å². The molecule has 0 saturated heterocycles. The van der Waals surface area contributed by atoms with E-state index in [1.807, 2.05) is 19.1 Å². The number of nitrogens with zero attached hydrogens (tertiary/aromatic N) is 1. The first-order valence-corrected chi connectivity index (χ1v) is 11.4. The fourth-order valence-corrected chi connectivity index (χ4v) is 4.70. The first-order chi connectivity index (χ1) is 14.8. The zero-order chi connectivity index (χ0) is 23.0.